The Morgan fingerprint density at radius 2 is 2.00 bits per heavy atom. The first-order valence-electron chi connectivity index (χ1n) is 9.16. The lowest BCUT2D eigenvalue weighted by Crippen LogP contribution is -2.49. The quantitative estimate of drug-likeness (QED) is 0.295. The number of nitrogens with one attached hydrogen (secondary N) is 2. The average molecular weight is 322 g/mol. The van der Waals surface area contributed by atoms with Crippen LogP contribution >= 0.6 is 0 Å². The molecule has 1 saturated carbocycles. The van der Waals surface area contributed by atoms with Crippen LogP contribution in [0.5, 0.6) is 0 Å². The van der Waals surface area contributed by atoms with Crippen LogP contribution in [-0.2, 0) is 4.74 Å². The minimum atomic E-state index is 0.515. The molecule has 1 aliphatic heterocycles. The summed E-state index contributed by atoms with van der Waals surface area (Å²) in [5, 5.41) is 6.92. The standard InChI is InChI=1S/C18H34N4O/c1-4-19-18(20-9-12-23-14-16-5-6-16)21-17-7-10-22(11-8-17)13-15(2)3/h16-17H,2,4-14H2,1,3H3,(H2,19,20,21). The van der Waals surface area contributed by atoms with Crippen LogP contribution in [-0.4, -0.2) is 62.8 Å². The number of hydrogen-bond donors (Lipinski definition) is 2. The molecule has 5 nitrogen and oxygen atoms in total. The fourth-order valence-corrected chi connectivity index (χ4v) is 2.89. The largest absolute Gasteiger partial charge is 0.379 e. The van der Waals surface area contributed by atoms with Crippen LogP contribution in [0, 0.1) is 5.92 Å². The van der Waals surface area contributed by atoms with Gasteiger partial charge in [-0.1, -0.05) is 12.2 Å². The van der Waals surface area contributed by atoms with Crippen molar-refractivity contribution < 1.29 is 4.74 Å². The summed E-state index contributed by atoms with van der Waals surface area (Å²) < 4.78 is 5.65. The zero-order valence-electron chi connectivity index (χ0n) is 14.9. The van der Waals surface area contributed by atoms with Gasteiger partial charge in [-0.15, -0.1) is 0 Å². The Balaban J connectivity index is 1.65. The normalized spacial score (nSPS) is 20.5. The van der Waals surface area contributed by atoms with E-state index in [1.807, 2.05) is 0 Å². The monoisotopic (exact) mass is 322 g/mol. The number of aliphatic imine (C=N–C) groups is 1. The van der Waals surface area contributed by atoms with E-state index in [1.54, 1.807) is 0 Å². The van der Waals surface area contributed by atoms with Gasteiger partial charge in [0.15, 0.2) is 5.96 Å². The van der Waals surface area contributed by atoms with Gasteiger partial charge in [-0.2, -0.15) is 0 Å². The van der Waals surface area contributed by atoms with E-state index in [-0.39, 0.29) is 0 Å². The van der Waals surface area contributed by atoms with Crippen LogP contribution in [0.15, 0.2) is 17.1 Å². The lowest BCUT2D eigenvalue weighted by Gasteiger charge is -2.33. The van der Waals surface area contributed by atoms with E-state index < -0.39 is 0 Å². The molecule has 0 atom stereocenters. The molecule has 2 rings (SSSR count). The second kappa shape index (κ2) is 9.93. The highest BCUT2D eigenvalue weighted by Crippen LogP contribution is 2.28. The number of ether oxygens (including phenoxy) is 1. The van der Waals surface area contributed by atoms with Gasteiger partial charge in [0.25, 0.3) is 0 Å². The SMILES string of the molecule is C=C(C)CN1CCC(NC(=NCCOCC2CC2)NCC)CC1. The van der Waals surface area contributed by atoms with Gasteiger partial charge in [-0.05, 0) is 45.4 Å². The van der Waals surface area contributed by atoms with E-state index in [9.17, 15) is 0 Å². The molecule has 1 aliphatic carbocycles. The topological polar surface area (TPSA) is 48.9 Å². The van der Waals surface area contributed by atoms with Crippen molar-refractivity contribution in [3.63, 3.8) is 0 Å². The highest BCUT2D eigenvalue weighted by Gasteiger charge is 2.21. The van der Waals surface area contributed by atoms with E-state index in [2.05, 4.69) is 41.0 Å². The van der Waals surface area contributed by atoms with Crippen LogP contribution in [0.25, 0.3) is 0 Å². The Labute approximate surface area is 141 Å². The maximum absolute atomic E-state index is 5.65. The van der Waals surface area contributed by atoms with E-state index in [0.29, 0.717) is 6.04 Å². The van der Waals surface area contributed by atoms with Crippen LogP contribution in [0.3, 0.4) is 0 Å². The molecule has 0 radical (unpaired) electrons. The van der Waals surface area contributed by atoms with Gasteiger partial charge in [-0.25, -0.2) is 0 Å². The Hall–Kier alpha value is -1.07. The highest BCUT2D eigenvalue weighted by atomic mass is 16.5. The van der Waals surface area contributed by atoms with Gasteiger partial charge in [-0.3, -0.25) is 9.89 Å². The molecule has 0 amide bonds. The van der Waals surface area contributed by atoms with Gasteiger partial charge in [0.1, 0.15) is 0 Å². The maximum atomic E-state index is 5.65. The molecule has 1 saturated heterocycles. The van der Waals surface area contributed by atoms with Crippen molar-refractivity contribution in [3.8, 4) is 0 Å². The molecule has 2 fully saturated rings. The lowest BCUT2D eigenvalue weighted by atomic mass is 10.0. The van der Waals surface area contributed by atoms with Crippen molar-refractivity contribution in [3.05, 3.63) is 12.2 Å². The highest BCUT2D eigenvalue weighted by molar-refractivity contribution is 5.80. The number of rotatable bonds is 9. The summed E-state index contributed by atoms with van der Waals surface area (Å²) in [7, 11) is 0. The predicted molar refractivity (Wildman–Crippen MR) is 96.9 cm³/mol. The molecule has 1 heterocycles. The van der Waals surface area contributed by atoms with Gasteiger partial charge >= 0.3 is 0 Å². The molecular formula is C18H34N4O. The summed E-state index contributed by atoms with van der Waals surface area (Å²) in [5.74, 6) is 1.76. The van der Waals surface area contributed by atoms with Crippen molar-refractivity contribution >= 4 is 5.96 Å². The summed E-state index contributed by atoms with van der Waals surface area (Å²) >= 11 is 0. The van der Waals surface area contributed by atoms with Crippen LogP contribution < -0.4 is 10.6 Å². The number of likely N-dealkylation sites (tertiary alicyclic amines) is 1. The average Bonchev–Trinajstić information content (AvgIpc) is 3.33. The molecule has 0 aromatic heterocycles. The van der Waals surface area contributed by atoms with Crippen LogP contribution in [0.4, 0.5) is 0 Å². The summed E-state index contributed by atoms with van der Waals surface area (Å²) in [5.41, 5.74) is 1.25. The first kappa shape index (κ1) is 18.3. The van der Waals surface area contributed by atoms with Crippen molar-refractivity contribution in [2.45, 2.75) is 45.6 Å². The van der Waals surface area contributed by atoms with Gasteiger partial charge in [0.05, 0.1) is 13.2 Å². The van der Waals surface area contributed by atoms with E-state index in [4.69, 9.17) is 4.74 Å². The molecule has 0 aromatic carbocycles. The summed E-state index contributed by atoms with van der Waals surface area (Å²) in [6.07, 6.45) is 5.01. The molecule has 23 heavy (non-hydrogen) atoms. The van der Waals surface area contributed by atoms with Crippen molar-refractivity contribution in [1.29, 1.82) is 0 Å². The van der Waals surface area contributed by atoms with Gasteiger partial charge in [0, 0.05) is 38.8 Å². The molecule has 5 heteroatoms. The zero-order valence-corrected chi connectivity index (χ0v) is 14.9. The Morgan fingerprint density at radius 3 is 2.61 bits per heavy atom. The first-order chi connectivity index (χ1) is 11.2. The molecule has 2 N–H and O–H groups in total. The fourth-order valence-electron chi connectivity index (χ4n) is 2.89. The second-order valence-corrected chi connectivity index (χ2v) is 6.93. The zero-order chi connectivity index (χ0) is 16.5. The van der Waals surface area contributed by atoms with Crippen molar-refractivity contribution in [1.82, 2.24) is 15.5 Å². The van der Waals surface area contributed by atoms with E-state index >= 15 is 0 Å². The molecule has 0 aromatic rings. The van der Waals surface area contributed by atoms with Gasteiger partial charge in [0.2, 0.25) is 0 Å². The molecular weight excluding hydrogens is 288 g/mol. The molecule has 0 bridgehead atoms. The van der Waals surface area contributed by atoms with E-state index in [0.717, 1.165) is 70.7 Å². The third kappa shape index (κ3) is 7.84. The van der Waals surface area contributed by atoms with Crippen LogP contribution in [0.2, 0.25) is 0 Å². The van der Waals surface area contributed by atoms with Crippen molar-refractivity contribution in [2.24, 2.45) is 10.9 Å². The van der Waals surface area contributed by atoms with E-state index in [1.165, 1.54) is 18.4 Å². The van der Waals surface area contributed by atoms with Crippen LogP contribution in [0.1, 0.15) is 39.5 Å². The fraction of sp³-hybridized carbons (Fsp3) is 0.833. The Bertz CT molecular complexity index is 384. The summed E-state index contributed by atoms with van der Waals surface area (Å²) in [4.78, 5) is 7.12. The molecule has 132 valence electrons. The molecule has 2 aliphatic rings. The number of piperidine rings is 1. The van der Waals surface area contributed by atoms with Gasteiger partial charge < -0.3 is 15.4 Å². The summed E-state index contributed by atoms with van der Waals surface area (Å²) in [6, 6.07) is 0.515. The maximum Gasteiger partial charge on any atom is 0.191 e. The lowest BCUT2D eigenvalue weighted by molar-refractivity contribution is 0.131. The Morgan fingerprint density at radius 1 is 1.26 bits per heavy atom. The molecule has 0 spiro atoms. The third-order valence-corrected chi connectivity index (χ3v) is 4.32. The predicted octanol–water partition coefficient (Wildman–Crippen LogP) is 2.01. The minimum absolute atomic E-state index is 0.515. The number of nitrogens with zero attached hydrogens (tertiary/aromatic N) is 2. The van der Waals surface area contributed by atoms with Crippen molar-refractivity contribution in [2.75, 3.05) is 45.9 Å². The Kier molecular flexibility index (Phi) is 7.89. The first-order valence-corrected chi connectivity index (χ1v) is 9.16. The smallest absolute Gasteiger partial charge is 0.191 e. The second-order valence-electron chi connectivity index (χ2n) is 6.93. The third-order valence-electron chi connectivity index (χ3n) is 4.32. The molecule has 0 unspecified atom stereocenters. The number of guanidine groups is 1. The minimum Gasteiger partial charge on any atom is -0.379 e. The summed E-state index contributed by atoms with van der Waals surface area (Å²) in [6.45, 7) is 14.8. The number of hydrogen-bond acceptors (Lipinski definition) is 3.